The molecule has 5 rings (SSSR count). The summed E-state index contributed by atoms with van der Waals surface area (Å²) in [6, 6.07) is 8.47. The van der Waals surface area contributed by atoms with Gasteiger partial charge in [-0.25, -0.2) is 9.97 Å². The molecule has 118 valence electrons. The number of anilines is 1. The van der Waals surface area contributed by atoms with Crippen LogP contribution in [0.4, 0.5) is 5.82 Å². The molecule has 4 heteroatoms. The quantitative estimate of drug-likeness (QED) is 0.767. The van der Waals surface area contributed by atoms with E-state index in [0.717, 1.165) is 45.6 Å². The summed E-state index contributed by atoms with van der Waals surface area (Å²) in [4.78, 5) is 8.89. The van der Waals surface area contributed by atoms with Crippen molar-refractivity contribution in [2.24, 2.45) is 17.8 Å². The number of hydrogen-bond acceptors (Lipinski definition) is 4. The number of rotatable bonds is 3. The predicted octanol–water partition coefficient (Wildman–Crippen LogP) is 4.61. The highest BCUT2D eigenvalue weighted by Crippen LogP contribution is 2.50. The summed E-state index contributed by atoms with van der Waals surface area (Å²) in [6.07, 6.45) is 7.29. The zero-order valence-corrected chi connectivity index (χ0v) is 13.3. The van der Waals surface area contributed by atoms with Crippen LogP contribution in [-0.2, 0) is 0 Å². The number of furan rings is 1. The van der Waals surface area contributed by atoms with Crippen molar-refractivity contribution in [3.8, 4) is 0 Å². The van der Waals surface area contributed by atoms with E-state index >= 15 is 0 Å². The van der Waals surface area contributed by atoms with Crippen LogP contribution in [0, 0.1) is 17.8 Å². The molecule has 2 aliphatic rings. The van der Waals surface area contributed by atoms with E-state index in [9.17, 15) is 0 Å². The van der Waals surface area contributed by atoms with Crippen molar-refractivity contribution < 1.29 is 4.42 Å². The Hall–Kier alpha value is -2.10. The molecule has 0 spiro atoms. The Labute approximate surface area is 135 Å². The molecule has 23 heavy (non-hydrogen) atoms. The first kappa shape index (κ1) is 13.3. The SMILES string of the molecule is C[C@H](Nc1ncnc2c1oc1ccccc12)[C@H]1C[C@H]2CC[C@H]1C2. The average Bonchev–Trinajstić information content (AvgIpc) is 3.28. The number of fused-ring (bicyclic) bond motifs is 5. The lowest BCUT2D eigenvalue weighted by Crippen LogP contribution is -2.30. The Morgan fingerprint density at radius 1 is 1.17 bits per heavy atom. The number of hydrogen-bond donors (Lipinski definition) is 1. The third kappa shape index (κ3) is 2.04. The van der Waals surface area contributed by atoms with E-state index in [-0.39, 0.29) is 0 Å². The molecule has 2 aliphatic carbocycles. The van der Waals surface area contributed by atoms with Crippen molar-refractivity contribution in [1.29, 1.82) is 0 Å². The van der Waals surface area contributed by atoms with Gasteiger partial charge in [0.25, 0.3) is 0 Å². The number of nitrogens with zero attached hydrogens (tertiary/aromatic N) is 2. The molecule has 2 saturated carbocycles. The van der Waals surface area contributed by atoms with Crippen LogP contribution in [0.5, 0.6) is 0 Å². The molecule has 0 amide bonds. The van der Waals surface area contributed by atoms with E-state index in [2.05, 4.69) is 28.3 Å². The largest absolute Gasteiger partial charge is 0.450 e. The normalized spacial score (nSPS) is 27.8. The van der Waals surface area contributed by atoms with Gasteiger partial charge in [-0.15, -0.1) is 0 Å². The first-order chi connectivity index (χ1) is 11.3. The predicted molar refractivity (Wildman–Crippen MR) is 91.3 cm³/mol. The smallest absolute Gasteiger partial charge is 0.196 e. The molecular weight excluding hydrogens is 286 g/mol. The van der Waals surface area contributed by atoms with Crippen molar-refractivity contribution >= 4 is 27.9 Å². The van der Waals surface area contributed by atoms with Gasteiger partial charge in [0, 0.05) is 11.4 Å². The Bertz CT molecular complexity index is 871. The van der Waals surface area contributed by atoms with Crippen LogP contribution in [0.2, 0.25) is 0 Å². The van der Waals surface area contributed by atoms with Crippen molar-refractivity contribution in [1.82, 2.24) is 9.97 Å². The second-order valence-electron chi connectivity index (χ2n) is 7.27. The monoisotopic (exact) mass is 307 g/mol. The molecule has 0 aliphatic heterocycles. The van der Waals surface area contributed by atoms with Crippen molar-refractivity contribution in [2.45, 2.75) is 38.6 Å². The molecule has 2 heterocycles. The van der Waals surface area contributed by atoms with Crippen LogP contribution in [-0.4, -0.2) is 16.0 Å². The molecule has 2 aromatic heterocycles. The summed E-state index contributed by atoms with van der Waals surface area (Å²) in [7, 11) is 0. The standard InChI is InChI=1S/C19H21N3O/c1-11(15-9-12-6-7-13(15)8-12)22-19-18-17(20-10-21-19)14-4-2-3-5-16(14)23-18/h2-5,10-13,15H,6-9H2,1H3,(H,20,21,22)/t11-,12-,13-,15+/m0/s1. The van der Waals surface area contributed by atoms with Gasteiger partial charge in [-0.1, -0.05) is 18.6 Å². The summed E-state index contributed by atoms with van der Waals surface area (Å²) in [5, 5.41) is 4.68. The number of para-hydroxylation sites is 1. The fraction of sp³-hybridized carbons (Fsp3) is 0.474. The van der Waals surface area contributed by atoms with Gasteiger partial charge in [-0.2, -0.15) is 0 Å². The average molecular weight is 307 g/mol. The Morgan fingerprint density at radius 2 is 2.09 bits per heavy atom. The maximum atomic E-state index is 6.02. The Balaban J connectivity index is 1.50. The minimum absolute atomic E-state index is 0.427. The van der Waals surface area contributed by atoms with Gasteiger partial charge in [0.05, 0.1) is 0 Å². The van der Waals surface area contributed by atoms with E-state index in [1.807, 2.05) is 18.2 Å². The summed E-state index contributed by atoms with van der Waals surface area (Å²) in [5.41, 5.74) is 2.56. The van der Waals surface area contributed by atoms with Crippen LogP contribution >= 0.6 is 0 Å². The topological polar surface area (TPSA) is 51.0 Å². The van der Waals surface area contributed by atoms with E-state index in [4.69, 9.17) is 4.42 Å². The van der Waals surface area contributed by atoms with Gasteiger partial charge in [-0.05, 0) is 56.1 Å². The molecule has 1 aromatic carbocycles. The molecule has 2 fully saturated rings. The van der Waals surface area contributed by atoms with Crippen LogP contribution in [0.1, 0.15) is 32.6 Å². The second kappa shape index (κ2) is 4.95. The zero-order valence-electron chi connectivity index (χ0n) is 13.3. The van der Waals surface area contributed by atoms with Gasteiger partial charge < -0.3 is 9.73 Å². The van der Waals surface area contributed by atoms with Gasteiger partial charge in [-0.3, -0.25) is 0 Å². The maximum Gasteiger partial charge on any atom is 0.196 e. The van der Waals surface area contributed by atoms with E-state index in [1.165, 1.54) is 25.7 Å². The summed E-state index contributed by atoms with van der Waals surface area (Å²) >= 11 is 0. The van der Waals surface area contributed by atoms with Crippen molar-refractivity contribution in [3.63, 3.8) is 0 Å². The first-order valence-corrected chi connectivity index (χ1v) is 8.68. The summed E-state index contributed by atoms with van der Waals surface area (Å²) in [6.45, 7) is 2.29. The highest BCUT2D eigenvalue weighted by molar-refractivity contribution is 6.05. The van der Waals surface area contributed by atoms with Gasteiger partial charge in [0.2, 0.25) is 0 Å². The van der Waals surface area contributed by atoms with E-state index in [1.54, 1.807) is 6.33 Å². The van der Waals surface area contributed by atoms with Crippen LogP contribution < -0.4 is 5.32 Å². The minimum Gasteiger partial charge on any atom is -0.450 e. The molecule has 0 saturated heterocycles. The fourth-order valence-corrected chi connectivity index (χ4v) is 4.86. The van der Waals surface area contributed by atoms with Crippen LogP contribution in [0.25, 0.3) is 22.1 Å². The number of nitrogens with one attached hydrogen (secondary N) is 1. The number of benzene rings is 1. The first-order valence-electron chi connectivity index (χ1n) is 8.68. The second-order valence-corrected chi connectivity index (χ2v) is 7.27. The lowest BCUT2D eigenvalue weighted by Gasteiger charge is -2.28. The number of aromatic nitrogens is 2. The summed E-state index contributed by atoms with van der Waals surface area (Å²) in [5.74, 6) is 3.46. The van der Waals surface area contributed by atoms with Gasteiger partial charge in [0.15, 0.2) is 11.4 Å². The van der Waals surface area contributed by atoms with Crippen LogP contribution in [0.3, 0.4) is 0 Å². The Kier molecular flexibility index (Phi) is 2.87. The minimum atomic E-state index is 0.427. The molecule has 4 atom stereocenters. The van der Waals surface area contributed by atoms with Crippen molar-refractivity contribution in [3.05, 3.63) is 30.6 Å². The van der Waals surface area contributed by atoms with E-state index < -0.39 is 0 Å². The lowest BCUT2D eigenvalue weighted by atomic mass is 9.84. The highest BCUT2D eigenvalue weighted by atomic mass is 16.3. The van der Waals surface area contributed by atoms with Gasteiger partial charge >= 0.3 is 0 Å². The third-order valence-electron chi connectivity index (χ3n) is 5.96. The van der Waals surface area contributed by atoms with Crippen molar-refractivity contribution in [2.75, 3.05) is 5.32 Å². The van der Waals surface area contributed by atoms with Gasteiger partial charge in [0.1, 0.15) is 17.4 Å². The molecule has 4 nitrogen and oxygen atoms in total. The Morgan fingerprint density at radius 3 is 2.91 bits per heavy atom. The lowest BCUT2D eigenvalue weighted by molar-refractivity contribution is 0.304. The zero-order chi connectivity index (χ0) is 15.4. The molecular formula is C19H21N3O. The summed E-state index contributed by atoms with van der Waals surface area (Å²) < 4.78 is 6.02. The van der Waals surface area contributed by atoms with Crippen LogP contribution in [0.15, 0.2) is 35.0 Å². The molecule has 2 bridgehead atoms. The molecule has 3 aromatic rings. The molecule has 0 unspecified atom stereocenters. The highest BCUT2D eigenvalue weighted by Gasteiger charge is 2.42. The third-order valence-corrected chi connectivity index (χ3v) is 5.96. The molecule has 0 radical (unpaired) electrons. The maximum absolute atomic E-state index is 6.02. The molecule has 1 N–H and O–H groups in total. The van der Waals surface area contributed by atoms with E-state index in [0.29, 0.717) is 6.04 Å². The fourth-order valence-electron chi connectivity index (χ4n) is 4.86.